The maximum absolute atomic E-state index is 4.66. The molecule has 7 heteroatoms. The first kappa shape index (κ1) is 13.5. The first-order chi connectivity index (χ1) is 10.9. The number of nitrogens with one attached hydrogen (secondary N) is 1. The Morgan fingerprint density at radius 1 is 1.32 bits per heavy atom. The molecule has 1 N–H and O–H groups in total. The highest BCUT2D eigenvalue weighted by molar-refractivity contribution is 7.13. The van der Waals surface area contributed by atoms with Gasteiger partial charge >= 0.3 is 0 Å². The Balaban J connectivity index is 1.38. The summed E-state index contributed by atoms with van der Waals surface area (Å²) in [5.41, 5.74) is 2.00. The maximum Gasteiger partial charge on any atom is 0.142 e. The van der Waals surface area contributed by atoms with Gasteiger partial charge in [0.25, 0.3) is 0 Å². The number of thiazole rings is 1. The number of nitrogens with zero attached hydrogens (tertiary/aromatic N) is 5. The smallest absolute Gasteiger partial charge is 0.142 e. The lowest BCUT2D eigenvalue weighted by molar-refractivity contribution is 0.357. The molecule has 0 fully saturated rings. The summed E-state index contributed by atoms with van der Waals surface area (Å²) in [5.74, 6) is 1.09. The van der Waals surface area contributed by atoms with E-state index in [1.807, 2.05) is 22.9 Å². The van der Waals surface area contributed by atoms with Crippen LogP contribution in [-0.4, -0.2) is 30.8 Å². The van der Waals surface area contributed by atoms with Crippen LogP contribution in [0.2, 0.25) is 0 Å². The van der Waals surface area contributed by atoms with Gasteiger partial charge in [-0.05, 0) is 18.6 Å². The van der Waals surface area contributed by atoms with Crippen LogP contribution >= 0.6 is 11.3 Å². The Morgan fingerprint density at radius 2 is 2.32 bits per heavy atom. The molecule has 1 unspecified atom stereocenters. The van der Waals surface area contributed by atoms with E-state index in [9.17, 15) is 0 Å². The second-order valence-electron chi connectivity index (χ2n) is 5.33. The molecule has 1 aliphatic rings. The van der Waals surface area contributed by atoms with Gasteiger partial charge in [-0.1, -0.05) is 6.07 Å². The SMILES string of the molecule is c1ccc(-c2nc(CNC3CCc4ncnn4C3)cs2)nc1. The van der Waals surface area contributed by atoms with Crippen molar-refractivity contribution in [3.8, 4) is 10.7 Å². The van der Waals surface area contributed by atoms with Gasteiger partial charge in [0.15, 0.2) is 0 Å². The highest BCUT2D eigenvalue weighted by atomic mass is 32.1. The minimum atomic E-state index is 0.425. The summed E-state index contributed by atoms with van der Waals surface area (Å²) in [5, 5.41) is 10.9. The molecule has 0 aliphatic carbocycles. The summed E-state index contributed by atoms with van der Waals surface area (Å²) in [6, 6.07) is 6.32. The molecule has 6 nitrogen and oxygen atoms in total. The average molecular weight is 312 g/mol. The Bertz CT molecular complexity index is 750. The van der Waals surface area contributed by atoms with Gasteiger partial charge in [0.2, 0.25) is 0 Å². The maximum atomic E-state index is 4.66. The molecule has 1 aliphatic heterocycles. The average Bonchev–Trinajstić information content (AvgIpc) is 3.22. The molecule has 0 spiro atoms. The summed E-state index contributed by atoms with van der Waals surface area (Å²) in [4.78, 5) is 13.3. The van der Waals surface area contributed by atoms with E-state index in [1.54, 1.807) is 23.9 Å². The molecule has 0 aromatic carbocycles. The van der Waals surface area contributed by atoms with E-state index < -0.39 is 0 Å². The molecule has 112 valence electrons. The molecule has 0 amide bonds. The minimum absolute atomic E-state index is 0.425. The predicted octanol–water partition coefficient (Wildman–Crippen LogP) is 1.90. The molecule has 3 aromatic rings. The van der Waals surface area contributed by atoms with E-state index in [1.165, 1.54) is 0 Å². The van der Waals surface area contributed by atoms with Crippen molar-refractivity contribution >= 4 is 11.3 Å². The summed E-state index contributed by atoms with van der Waals surface area (Å²) in [6.07, 6.45) is 5.51. The first-order valence-electron chi connectivity index (χ1n) is 7.34. The first-order valence-corrected chi connectivity index (χ1v) is 8.22. The van der Waals surface area contributed by atoms with Crippen LogP contribution in [0.5, 0.6) is 0 Å². The molecule has 1 atom stereocenters. The standard InChI is InChI=1S/C15H16N6S/c1-2-6-16-13(3-1)15-20-12(9-22-15)7-17-11-4-5-14-18-10-19-21(14)8-11/h1-3,6,9-11,17H,4-5,7-8H2. The minimum Gasteiger partial charge on any atom is -0.306 e. The summed E-state index contributed by atoms with van der Waals surface area (Å²) in [7, 11) is 0. The van der Waals surface area contributed by atoms with Gasteiger partial charge in [-0.2, -0.15) is 5.10 Å². The van der Waals surface area contributed by atoms with Gasteiger partial charge in [-0.3, -0.25) is 4.98 Å². The molecule has 0 radical (unpaired) electrons. The third-order valence-electron chi connectivity index (χ3n) is 3.81. The Labute approximate surface area is 132 Å². The van der Waals surface area contributed by atoms with Crippen LogP contribution in [0.1, 0.15) is 17.9 Å². The van der Waals surface area contributed by atoms with Crippen molar-refractivity contribution in [2.75, 3.05) is 0 Å². The van der Waals surface area contributed by atoms with Crippen LogP contribution < -0.4 is 5.32 Å². The number of aromatic nitrogens is 5. The zero-order valence-corrected chi connectivity index (χ0v) is 12.8. The fourth-order valence-corrected chi connectivity index (χ4v) is 3.44. The number of hydrogen-bond donors (Lipinski definition) is 1. The fraction of sp³-hybridized carbons (Fsp3) is 0.333. The van der Waals surface area contributed by atoms with E-state index in [4.69, 9.17) is 0 Å². The lowest BCUT2D eigenvalue weighted by atomic mass is 10.1. The van der Waals surface area contributed by atoms with E-state index in [2.05, 4.69) is 30.7 Å². The van der Waals surface area contributed by atoms with Crippen molar-refractivity contribution in [1.82, 2.24) is 30.0 Å². The second kappa shape index (κ2) is 5.94. The van der Waals surface area contributed by atoms with Gasteiger partial charge < -0.3 is 5.32 Å². The summed E-state index contributed by atoms with van der Waals surface area (Å²) in [6.45, 7) is 1.66. The largest absolute Gasteiger partial charge is 0.306 e. The Morgan fingerprint density at radius 3 is 3.23 bits per heavy atom. The van der Waals surface area contributed by atoms with Crippen LogP contribution in [0.4, 0.5) is 0 Å². The lowest BCUT2D eigenvalue weighted by Gasteiger charge is -2.23. The van der Waals surface area contributed by atoms with E-state index in [0.717, 1.165) is 48.2 Å². The molecule has 0 saturated heterocycles. The third kappa shape index (κ3) is 2.77. The van der Waals surface area contributed by atoms with Gasteiger partial charge in [0, 0.05) is 30.6 Å². The molecule has 4 rings (SSSR count). The lowest BCUT2D eigenvalue weighted by Crippen LogP contribution is -2.37. The van der Waals surface area contributed by atoms with E-state index in [0.29, 0.717) is 6.04 Å². The summed E-state index contributed by atoms with van der Waals surface area (Å²) < 4.78 is 1.99. The number of aryl methyl sites for hydroxylation is 1. The monoisotopic (exact) mass is 312 g/mol. The molecule has 0 saturated carbocycles. The van der Waals surface area contributed by atoms with Crippen LogP contribution in [0, 0.1) is 0 Å². The van der Waals surface area contributed by atoms with Crippen molar-refractivity contribution in [1.29, 1.82) is 0 Å². The van der Waals surface area contributed by atoms with Crippen molar-refractivity contribution in [2.45, 2.75) is 32.0 Å². The zero-order valence-electron chi connectivity index (χ0n) is 12.0. The molecular formula is C15H16N6S. The second-order valence-corrected chi connectivity index (χ2v) is 6.19. The van der Waals surface area contributed by atoms with Gasteiger partial charge in [0.1, 0.15) is 17.2 Å². The highest BCUT2D eigenvalue weighted by Gasteiger charge is 2.19. The van der Waals surface area contributed by atoms with Crippen LogP contribution in [0.25, 0.3) is 10.7 Å². The Kier molecular flexibility index (Phi) is 3.65. The number of hydrogen-bond acceptors (Lipinski definition) is 6. The normalized spacial score (nSPS) is 17.4. The van der Waals surface area contributed by atoms with Crippen molar-refractivity contribution in [2.24, 2.45) is 0 Å². The van der Waals surface area contributed by atoms with Crippen molar-refractivity contribution in [3.63, 3.8) is 0 Å². The molecule has 0 bridgehead atoms. The van der Waals surface area contributed by atoms with Crippen molar-refractivity contribution in [3.05, 3.63) is 47.6 Å². The molecular weight excluding hydrogens is 296 g/mol. The quantitative estimate of drug-likeness (QED) is 0.797. The predicted molar refractivity (Wildman–Crippen MR) is 84.3 cm³/mol. The van der Waals surface area contributed by atoms with Crippen LogP contribution in [0.3, 0.4) is 0 Å². The Hall–Kier alpha value is -2.12. The van der Waals surface area contributed by atoms with E-state index >= 15 is 0 Å². The van der Waals surface area contributed by atoms with Gasteiger partial charge in [0.05, 0.1) is 17.9 Å². The number of pyridine rings is 1. The molecule has 4 heterocycles. The zero-order chi connectivity index (χ0) is 14.8. The third-order valence-corrected chi connectivity index (χ3v) is 4.73. The number of fused-ring (bicyclic) bond motifs is 1. The van der Waals surface area contributed by atoms with Gasteiger partial charge in [-0.15, -0.1) is 11.3 Å². The number of rotatable bonds is 4. The molecule has 3 aromatic heterocycles. The van der Waals surface area contributed by atoms with E-state index in [-0.39, 0.29) is 0 Å². The van der Waals surface area contributed by atoms with Crippen LogP contribution in [-0.2, 0) is 19.5 Å². The summed E-state index contributed by atoms with van der Waals surface area (Å²) >= 11 is 1.64. The topological polar surface area (TPSA) is 68.5 Å². The van der Waals surface area contributed by atoms with Crippen LogP contribution in [0.15, 0.2) is 36.1 Å². The highest BCUT2D eigenvalue weighted by Crippen LogP contribution is 2.21. The fourth-order valence-electron chi connectivity index (χ4n) is 2.65. The van der Waals surface area contributed by atoms with Gasteiger partial charge in [-0.25, -0.2) is 14.6 Å². The van der Waals surface area contributed by atoms with Crippen molar-refractivity contribution < 1.29 is 0 Å². The molecule has 22 heavy (non-hydrogen) atoms.